The zero-order valence-electron chi connectivity index (χ0n) is 16.6. The molecule has 0 unspecified atom stereocenters. The van der Waals surface area contributed by atoms with Crippen molar-refractivity contribution < 1.29 is 13.9 Å². The van der Waals surface area contributed by atoms with Gasteiger partial charge >= 0.3 is 5.63 Å². The molecular weight excluding hydrogens is 396 g/mol. The van der Waals surface area contributed by atoms with Crippen LogP contribution in [0.3, 0.4) is 0 Å². The predicted octanol–water partition coefficient (Wildman–Crippen LogP) is 2.10. The molecule has 11 heteroatoms. The lowest BCUT2D eigenvalue weighted by Gasteiger charge is -2.13. The largest absolute Gasteiger partial charge is 0.416 e. The second kappa shape index (κ2) is 8.97. The van der Waals surface area contributed by atoms with Gasteiger partial charge in [0.15, 0.2) is 5.76 Å². The Morgan fingerprint density at radius 2 is 2.21 bits per heavy atom. The molecule has 0 radical (unpaired) electrons. The van der Waals surface area contributed by atoms with Crippen LogP contribution in [0.5, 0.6) is 0 Å². The van der Waals surface area contributed by atoms with E-state index in [0.29, 0.717) is 29.4 Å². The van der Waals surface area contributed by atoms with Crippen LogP contribution in [0, 0.1) is 12.8 Å². The molecule has 0 aliphatic rings. The lowest BCUT2D eigenvalue weighted by molar-refractivity contribution is 0.0992. The molecule has 0 aromatic carbocycles. The standard InChI is InChI=1S/C18H22N6O4S/c1-10(9-27-4)7-12-8-13(28-16(26)14(12)19-3)15(25)21-17-22-23-18(29-17)24-11(2)5-6-20-24/h5-6,8,10,19H,7,9H2,1-4H3,(H,21,22,25)/t10-/m0/s1. The van der Waals surface area contributed by atoms with Gasteiger partial charge < -0.3 is 14.5 Å². The minimum atomic E-state index is -0.607. The third kappa shape index (κ3) is 4.69. The molecule has 0 bridgehead atoms. The molecule has 3 aromatic heterocycles. The molecular formula is C18H22N6O4S. The Morgan fingerprint density at radius 1 is 1.41 bits per heavy atom. The third-order valence-corrected chi connectivity index (χ3v) is 4.99. The normalized spacial score (nSPS) is 12.0. The van der Waals surface area contributed by atoms with Crippen molar-refractivity contribution in [2.45, 2.75) is 20.3 Å². The van der Waals surface area contributed by atoms with Gasteiger partial charge in [0.25, 0.3) is 5.91 Å². The number of hydrogen-bond acceptors (Lipinski definition) is 9. The van der Waals surface area contributed by atoms with E-state index in [1.165, 1.54) is 0 Å². The van der Waals surface area contributed by atoms with Crippen LogP contribution < -0.4 is 16.3 Å². The molecule has 3 rings (SSSR count). The Bertz CT molecular complexity index is 1060. The first-order valence-electron chi connectivity index (χ1n) is 8.92. The van der Waals surface area contributed by atoms with Crippen molar-refractivity contribution in [2.24, 2.45) is 5.92 Å². The molecule has 154 valence electrons. The monoisotopic (exact) mass is 418 g/mol. The van der Waals surface area contributed by atoms with Crippen molar-refractivity contribution in [3.05, 3.63) is 45.8 Å². The van der Waals surface area contributed by atoms with Crippen LogP contribution in [0.25, 0.3) is 5.13 Å². The van der Waals surface area contributed by atoms with Gasteiger partial charge in [0.2, 0.25) is 10.3 Å². The minimum absolute atomic E-state index is 0.0966. The second-order valence-electron chi connectivity index (χ2n) is 6.54. The van der Waals surface area contributed by atoms with Gasteiger partial charge in [0.1, 0.15) is 5.69 Å². The lowest BCUT2D eigenvalue weighted by Crippen LogP contribution is -2.19. The molecule has 29 heavy (non-hydrogen) atoms. The number of carbonyl (C=O) groups excluding carboxylic acids is 1. The van der Waals surface area contributed by atoms with Crippen molar-refractivity contribution in [3.63, 3.8) is 0 Å². The number of rotatable bonds is 8. The molecule has 0 saturated heterocycles. The van der Waals surface area contributed by atoms with Crippen molar-refractivity contribution in [2.75, 3.05) is 31.4 Å². The highest BCUT2D eigenvalue weighted by Gasteiger charge is 2.19. The quantitative estimate of drug-likeness (QED) is 0.570. The molecule has 3 heterocycles. The highest BCUT2D eigenvalue weighted by atomic mass is 32.1. The fourth-order valence-electron chi connectivity index (χ4n) is 2.88. The average molecular weight is 418 g/mol. The summed E-state index contributed by atoms with van der Waals surface area (Å²) in [5, 5.41) is 18.4. The summed E-state index contributed by atoms with van der Waals surface area (Å²) in [6.07, 6.45) is 2.20. The molecule has 0 spiro atoms. The summed E-state index contributed by atoms with van der Waals surface area (Å²) >= 11 is 1.16. The number of anilines is 2. The SMILES string of the molecule is CNc1c(C[C@H](C)COC)cc(C(=O)Nc2nnc(-n3nccc3C)s2)oc1=O. The van der Waals surface area contributed by atoms with Crippen LogP contribution in [0.1, 0.15) is 28.7 Å². The van der Waals surface area contributed by atoms with Gasteiger partial charge in [-0.25, -0.2) is 9.48 Å². The fourth-order valence-corrected chi connectivity index (χ4v) is 3.63. The molecule has 0 saturated carbocycles. The number of ether oxygens (including phenoxy) is 1. The first-order chi connectivity index (χ1) is 13.9. The van der Waals surface area contributed by atoms with Crippen molar-refractivity contribution in [3.8, 4) is 5.13 Å². The van der Waals surface area contributed by atoms with Crippen molar-refractivity contribution in [1.82, 2.24) is 20.0 Å². The molecule has 0 fully saturated rings. The van der Waals surface area contributed by atoms with E-state index in [1.54, 1.807) is 31.1 Å². The van der Waals surface area contributed by atoms with Crippen molar-refractivity contribution >= 4 is 28.1 Å². The highest BCUT2D eigenvalue weighted by Crippen LogP contribution is 2.22. The summed E-state index contributed by atoms with van der Waals surface area (Å²) in [7, 11) is 3.26. The summed E-state index contributed by atoms with van der Waals surface area (Å²) < 4.78 is 12.0. The Balaban J connectivity index is 1.82. The summed E-state index contributed by atoms with van der Waals surface area (Å²) in [4.78, 5) is 24.9. The van der Waals surface area contributed by atoms with Gasteiger partial charge in [-0.05, 0) is 37.0 Å². The van der Waals surface area contributed by atoms with Crippen LogP contribution in [0.15, 0.2) is 27.5 Å². The summed E-state index contributed by atoms with van der Waals surface area (Å²) in [5.74, 6) is -0.515. The van der Waals surface area contributed by atoms with E-state index in [9.17, 15) is 9.59 Å². The fraction of sp³-hybridized carbons (Fsp3) is 0.389. The number of hydrogen-bond donors (Lipinski definition) is 2. The molecule has 10 nitrogen and oxygen atoms in total. The number of methoxy groups -OCH3 is 1. The molecule has 1 amide bonds. The number of carbonyl (C=O) groups is 1. The summed E-state index contributed by atoms with van der Waals surface area (Å²) in [6.45, 7) is 4.42. The van der Waals surface area contributed by atoms with Crippen LogP contribution in [0.2, 0.25) is 0 Å². The van der Waals surface area contributed by atoms with E-state index < -0.39 is 11.5 Å². The zero-order chi connectivity index (χ0) is 21.0. The van der Waals surface area contributed by atoms with E-state index >= 15 is 0 Å². The van der Waals surface area contributed by atoms with E-state index in [0.717, 1.165) is 17.0 Å². The number of aryl methyl sites for hydroxylation is 1. The summed E-state index contributed by atoms with van der Waals surface area (Å²) in [5.41, 5.74) is 1.30. The Labute approximate surface area is 170 Å². The van der Waals surface area contributed by atoms with Gasteiger partial charge in [-0.15, -0.1) is 10.2 Å². The third-order valence-electron chi connectivity index (χ3n) is 4.17. The number of amides is 1. The molecule has 2 N–H and O–H groups in total. The molecule has 3 aromatic rings. The van der Waals surface area contributed by atoms with Crippen LogP contribution in [-0.4, -0.2) is 46.6 Å². The second-order valence-corrected chi connectivity index (χ2v) is 7.50. The van der Waals surface area contributed by atoms with Gasteiger partial charge in [-0.1, -0.05) is 18.3 Å². The van der Waals surface area contributed by atoms with E-state index in [4.69, 9.17) is 9.15 Å². The first kappa shape index (κ1) is 20.7. The van der Waals surface area contributed by atoms with Gasteiger partial charge in [-0.2, -0.15) is 5.10 Å². The van der Waals surface area contributed by atoms with E-state index in [-0.39, 0.29) is 16.8 Å². The predicted molar refractivity (Wildman–Crippen MR) is 109 cm³/mol. The molecule has 0 aliphatic carbocycles. The number of aromatic nitrogens is 4. The molecule has 1 atom stereocenters. The van der Waals surface area contributed by atoms with E-state index in [1.807, 2.05) is 19.9 Å². The average Bonchev–Trinajstić information content (AvgIpc) is 3.30. The highest BCUT2D eigenvalue weighted by molar-refractivity contribution is 7.17. The van der Waals surface area contributed by atoms with Gasteiger partial charge in [-0.3, -0.25) is 10.1 Å². The minimum Gasteiger partial charge on any atom is -0.416 e. The number of nitrogens with one attached hydrogen (secondary N) is 2. The van der Waals surface area contributed by atoms with Gasteiger partial charge in [0.05, 0.1) is 0 Å². The Morgan fingerprint density at radius 3 is 2.86 bits per heavy atom. The zero-order valence-corrected chi connectivity index (χ0v) is 17.4. The Kier molecular flexibility index (Phi) is 6.39. The number of nitrogens with zero attached hydrogens (tertiary/aromatic N) is 4. The van der Waals surface area contributed by atoms with Crippen LogP contribution in [0.4, 0.5) is 10.8 Å². The van der Waals surface area contributed by atoms with Crippen LogP contribution >= 0.6 is 11.3 Å². The first-order valence-corrected chi connectivity index (χ1v) is 9.74. The summed E-state index contributed by atoms with van der Waals surface area (Å²) in [6, 6.07) is 3.40. The maximum atomic E-state index is 12.6. The molecule has 0 aliphatic heterocycles. The Hall–Kier alpha value is -3.05. The van der Waals surface area contributed by atoms with Crippen molar-refractivity contribution in [1.29, 1.82) is 0 Å². The van der Waals surface area contributed by atoms with E-state index in [2.05, 4.69) is 25.9 Å². The maximum absolute atomic E-state index is 12.6. The van der Waals surface area contributed by atoms with Gasteiger partial charge in [0, 0.05) is 32.7 Å². The lowest BCUT2D eigenvalue weighted by atomic mass is 10.0. The maximum Gasteiger partial charge on any atom is 0.360 e. The smallest absolute Gasteiger partial charge is 0.360 e. The topological polar surface area (TPSA) is 124 Å². The van der Waals surface area contributed by atoms with Crippen LogP contribution in [-0.2, 0) is 11.2 Å².